The van der Waals surface area contributed by atoms with Crippen LogP contribution in [0.5, 0.6) is 0 Å². The van der Waals surface area contributed by atoms with E-state index >= 15 is 0 Å². The summed E-state index contributed by atoms with van der Waals surface area (Å²) in [5, 5.41) is 10.4. The molecule has 4 rings (SSSR count). The first kappa shape index (κ1) is 20.1. The second-order valence-corrected chi connectivity index (χ2v) is 7.03. The number of nitrogens with zero attached hydrogens (tertiary/aromatic N) is 6. The molecule has 160 valence electrons. The standard InChI is InChI=1S/C20H24N10O/c1-3-30-15(10-12(2)28-30)19(31)23-8-9-29-11-24-16-17(26-20(22)27-18(16)29)25-14-6-4-13(21)5-7-14/h4-7,10-11H,3,8-9,21H2,1-2H3,(H,23,31)(H3,22,25,26,27). The Bertz CT molecular complexity index is 1220. The molecule has 11 nitrogen and oxygen atoms in total. The van der Waals surface area contributed by atoms with Crippen LogP contribution < -0.4 is 22.1 Å². The number of benzene rings is 1. The van der Waals surface area contributed by atoms with Gasteiger partial charge in [0.15, 0.2) is 17.0 Å². The van der Waals surface area contributed by atoms with Crippen LogP contribution in [0.25, 0.3) is 11.2 Å². The van der Waals surface area contributed by atoms with Crippen molar-refractivity contribution in [3.05, 3.63) is 48.0 Å². The Morgan fingerprint density at radius 1 is 1.16 bits per heavy atom. The van der Waals surface area contributed by atoms with Crippen LogP contribution in [0.2, 0.25) is 0 Å². The molecule has 11 heteroatoms. The summed E-state index contributed by atoms with van der Waals surface area (Å²) in [4.78, 5) is 25.5. The Balaban J connectivity index is 1.49. The third kappa shape index (κ3) is 4.25. The van der Waals surface area contributed by atoms with Crippen molar-refractivity contribution in [3.8, 4) is 0 Å². The highest BCUT2D eigenvalue weighted by atomic mass is 16.2. The van der Waals surface area contributed by atoms with Gasteiger partial charge in [0.1, 0.15) is 5.69 Å². The number of amides is 1. The number of aryl methyl sites for hydroxylation is 2. The van der Waals surface area contributed by atoms with Crippen LogP contribution in [0.3, 0.4) is 0 Å². The van der Waals surface area contributed by atoms with E-state index in [1.54, 1.807) is 29.2 Å². The summed E-state index contributed by atoms with van der Waals surface area (Å²) in [6.45, 7) is 5.30. The van der Waals surface area contributed by atoms with Gasteiger partial charge in [-0.3, -0.25) is 9.48 Å². The molecule has 0 unspecified atom stereocenters. The zero-order chi connectivity index (χ0) is 22.0. The van der Waals surface area contributed by atoms with E-state index in [-0.39, 0.29) is 11.9 Å². The fourth-order valence-electron chi connectivity index (χ4n) is 3.26. The van der Waals surface area contributed by atoms with Crippen molar-refractivity contribution in [2.75, 3.05) is 23.3 Å². The van der Waals surface area contributed by atoms with Gasteiger partial charge in [-0.25, -0.2) is 4.98 Å². The Labute approximate surface area is 178 Å². The van der Waals surface area contributed by atoms with Gasteiger partial charge in [0.05, 0.1) is 12.0 Å². The number of nitrogens with two attached hydrogens (primary N) is 2. The summed E-state index contributed by atoms with van der Waals surface area (Å²) in [6, 6.07) is 9.03. The van der Waals surface area contributed by atoms with Crippen molar-refractivity contribution < 1.29 is 4.79 Å². The SMILES string of the molecule is CCn1nc(C)cc1C(=O)NCCn1cnc2c(Nc3ccc(N)cc3)nc(N)nc21. The van der Waals surface area contributed by atoms with Crippen LogP contribution in [0.15, 0.2) is 36.7 Å². The summed E-state index contributed by atoms with van der Waals surface area (Å²) in [7, 11) is 0. The molecule has 0 aliphatic rings. The van der Waals surface area contributed by atoms with Gasteiger partial charge in [-0.15, -0.1) is 0 Å². The topological polar surface area (TPSA) is 155 Å². The molecule has 0 aliphatic heterocycles. The first-order valence-corrected chi connectivity index (χ1v) is 9.88. The molecule has 4 aromatic rings. The minimum absolute atomic E-state index is 0.124. The minimum atomic E-state index is -0.174. The summed E-state index contributed by atoms with van der Waals surface area (Å²) >= 11 is 0. The van der Waals surface area contributed by atoms with E-state index in [1.165, 1.54) is 0 Å². The highest BCUT2D eigenvalue weighted by molar-refractivity contribution is 5.92. The lowest BCUT2D eigenvalue weighted by Gasteiger charge is -2.09. The zero-order valence-electron chi connectivity index (χ0n) is 17.3. The predicted molar refractivity (Wildman–Crippen MR) is 119 cm³/mol. The highest BCUT2D eigenvalue weighted by Gasteiger charge is 2.15. The smallest absolute Gasteiger partial charge is 0.269 e. The Morgan fingerprint density at radius 3 is 2.68 bits per heavy atom. The van der Waals surface area contributed by atoms with Crippen molar-refractivity contribution in [2.45, 2.75) is 26.9 Å². The monoisotopic (exact) mass is 420 g/mol. The lowest BCUT2D eigenvalue weighted by atomic mass is 10.3. The molecule has 0 atom stereocenters. The van der Waals surface area contributed by atoms with Crippen LogP contribution in [-0.2, 0) is 13.1 Å². The molecule has 1 amide bonds. The van der Waals surface area contributed by atoms with Crippen LogP contribution in [-0.4, -0.2) is 41.8 Å². The number of nitrogens with one attached hydrogen (secondary N) is 2. The van der Waals surface area contributed by atoms with Gasteiger partial charge in [0.25, 0.3) is 5.91 Å². The van der Waals surface area contributed by atoms with Gasteiger partial charge in [0, 0.05) is 31.0 Å². The lowest BCUT2D eigenvalue weighted by molar-refractivity contribution is 0.0941. The van der Waals surface area contributed by atoms with Crippen molar-refractivity contribution in [1.82, 2.24) is 34.6 Å². The second kappa shape index (κ2) is 8.30. The largest absolute Gasteiger partial charge is 0.399 e. The summed E-state index contributed by atoms with van der Waals surface area (Å²) in [5.41, 5.74) is 15.6. The second-order valence-electron chi connectivity index (χ2n) is 7.03. The first-order chi connectivity index (χ1) is 14.9. The fraction of sp³-hybridized carbons (Fsp3) is 0.250. The van der Waals surface area contributed by atoms with E-state index < -0.39 is 0 Å². The van der Waals surface area contributed by atoms with Crippen molar-refractivity contribution >= 4 is 40.2 Å². The van der Waals surface area contributed by atoms with E-state index in [4.69, 9.17) is 11.5 Å². The van der Waals surface area contributed by atoms with Crippen molar-refractivity contribution in [1.29, 1.82) is 0 Å². The van der Waals surface area contributed by atoms with Crippen molar-refractivity contribution in [3.63, 3.8) is 0 Å². The number of hydrogen-bond acceptors (Lipinski definition) is 8. The average molecular weight is 420 g/mol. The Morgan fingerprint density at radius 2 is 1.94 bits per heavy atom. The van der Waals surface area contributed by atoms with Crippen LogP contribution in [0.4, 0.5) is 23.1 Å². The molecule has 0 saturated heterocycles. The number of aromatic nitrogens is 6. The molecule has 0 aliphatic carbocycles. The molecule has 1 aromatic carbocycles. The molecule has 0 radical (unpaired) electrons. The van der Waals surface area contributed by atoms with E-state index in [0.29, 0.717) is 48.0 Å². The van der Waals surface area contributed by atoms with E-state index in [9.17, 15) is 4.79 Å². The minimum Gasteiger partial charge on any atom is -0.399 e. The number of imidazole rings is 1. The molecule has 31 heavy (non-hydrogen) atoms. The van der Waals surface area contributed by atoms with Gasteiger partial charge < -0.3 is 26.7 Å². The van der Waals surface area contributed by atoms with Crippen LogP contribution in [0, 0.1) is 6.92 Å². The lowest BCUT2D eigenvalue weighted by Crippen LogP contribution is -2.29. The normalized spacial score (nSPS) is 11.0. The summed E-state index contributed by atoms with van der Waals surface area (Å²) in [6.07, 6.45) is 1.65. The molecule has 3 aromatic heterocycles. The quantitative estimate of drug-likeness (QED) is 0.329. The number of hydrogen-bond donors (Lipinski definition) is 4. The molecule has 0 bridgehead atoms. The Kier molecular flexibility index (Phi) is 5.39. The molecule has 0 saturated carbocycles. The van der Waals surface area contributed by atoms with E-state index in [1.807, 2.05) is 30.5 Å². The fourth-order valence-corrected chi connectivity index (χ4v) is 3.26. The predicted octanol–water partition coefficient (Wildman–Crippen LogP) is 1.69. The highest BCUT2D eigenvalue weighted by Crippen LogP contribution is 2.24. The van der Waals surface area contributed by atoms with Gasteiger partial charge in [-0.05, 0) is 44.2 Å². The van der Waals surface area contributed by atoms with Gasteiger partial charge in [-0.2, -0.15) is 15.1 Å². The van der Waals surface area contributed by atoms with Crippen molar-refractivity contribution in [2.24, 2.45) is 0 Å². The third-order valence-electron chi connectivity index (χ3n) is 4.73. The Hall–Kier alpha value is -4.15. The molecular weight excluding hydrogens is 396 g/mol. The van der Waals surface area contributed by atoms with E-state index in [2.05, 4.69) is 30.7 Å². The number of rotatable bonds is 7. The number of anilines is 4. The number of fused-ring (bicyclic) bond motifs is 1. The average Bonchev–Trinajstić information content (AvgIpc) is 3.33. The molecule has 6 N–H and O–H groups in total. The van der Waals surface area contributed by atoms with Crippen LogP contribution >= 0.6 is 0 Å². The van der Waals surface area contributed by atoms with Gasteiger partial charge in [0.2, 0.25) is 5.95 Å². The third-order valence-corrected chi connectivity index (χ3v) is 4.73. The maximum atomic E-state index is 12.5. The number of nitrogen functional groups attached to an aromatic ring is 2. The first-order valence-electron chi connectivity index (χ1n) is 9.88. The molecule has 0 fully saturated rings. The zero-order valence-corrected chi connectivity index (χ0v) is 17.3. The summed E-state index contributed by atoms with van der Waals surface area (Å²) in [5.74, 6) is 0.447. The van der Waals surface area contributed by atoms with E-state index in [0.717, 1.165) is 11.4 Å². The molecular formula is C20H24N10O. The number of carbonyl (C=O) groups excluding carboxylic acids is 1. The van der Waals surface area contributed by atoms with Gasteiger partial charge in [-0.1, -0.05) is 0 Å². The summed E-state index contributed by atoms with van der Waals surface area (Å²) < 4.78 is 3.50. The molecule has 3 heterocycles. The van der Waals surface area contributed by atoms with Gasteiger partial charge >= 0.3 is 0 Å². The number of carbonyl (C=O) groups is 1. The van der Waals surface area contributed by atoms with Crippen LogP contribution in [0.1, 0.15) is 23.1 Å². The maximum absolute atomic E-state index is 12.5. The maximum Gasteiger partial charge on any atom is 0.269 e. The molecule has 0 spiro atoms.